The molecule has 0 spiro atoms. The number of hydrogen-bond donors (Lipinski definition) is 2. The molecule has 0 saturated heterocycles. The van der Waals surface area contributed by atoms with Gasteiger partial charge < -0.3 is 10.5 Å². The van der Waals surface area contributed by atoms with Crippen LogP contribution in [0.2, 0.25) is 0 Å². The molecule has 0 saturated carbocycles. The lowest BCUT2D eigenvalue weighted by atomic mass is 10.1. The lowest BCUT2D eigenvalue weighted by Crippen LogP contribution is -2.27. The molecule has 0 atom stereocenters. The van der Waals surface area contributed by atoms with Crippen LogP contribution in [0.25, 0.3) is 0 Å². The van der Waals surface area contributed by atoms with E-state index < -0.39 is 6.03 Å². The first-order valence-corrected chi connectivity index (χ1v) is 5.39. The van der Waals surface area contributed by atoms with Crippen molar-refractivity contribution in [2.75, 3.05) is 10.9 Å². The predicted molar refractivity (Wildman–Crippen MR) is 68.1 cm³/mol. The zero-order chi connectivity index (χ0) is 12.3. The smallest absolute Gasteiger partial charge is 0.329 e. The Bertz CT molecular complexity index is 407. The minimum Gasteiger partial charge on any atom is -0.494 e. The normalized spacial score (nSPS) is 10.0. The van der Waals surface area contributed by atoms with Crippen LogP contribution in [0.4, 0.5) is 10.5 Å². The van der Waals surface area contributed by atoms with E-state index in [9.17, 15) is 4.79 Å². The van der Waals surface area contributed by atoms with E-state index in [0.717, 1.165) is 21.2 Å². The van der Waals surface area contributed by atoms with Crippen LogP contribution in [-0.2, 0) is 0 Å². The van der Waals surface area contributed by atoms with Crippen LogP contribution in [0.1, 0.15) is 18.1 Å². The summed E-state index contributed by atoms with van der Waals surface area (Å²) in [5.41, 5.74) is 7.68. The number of thiol groups is 1. The van der Waals surface area contributed by atoms with Crippen molar-refractivity contribution in [1.82, 2.24) is 0 Å². The molecule has 16 heavy (non-hydrogen) atoms. The molecule has 2 N–H and O–H groups in total. The monoisotopic (exact) mass is 240 g/mol. The van der Waals surface area contributed by atoms with Gasteiger partial charge in [-0.3, -0.25) is 0 Å². The summed E-state index contributed by atoms with van der Waals surface area (Å²) in [5, 5.41) is 0. The van der Waals surface area contributed by atoms with E-state index in [1.807, 2.05) is 32.9 Å². The number of aryl methyl sites for hydroxylation is 2. The molecule has 0 aromatic heterocycles. The molecule has 0 bridgehead atoms. The third-order valence-corrected chi connectivity index (χ3v) is 2.64. The molecular formula is C11H16N2O2S. The van der Waals surface area contributed by atoms with Gasteiger partial charge in [-0.15, -0.1) is 0 Å². The largest absolute Gasteiger partial charge is 0.494 e. The Morgan fingerprint density at radius 2 is 2.06 bits per heavy atom. The first kappa shape index (κ1) is 12.7. The summed E-state index contributed by atoms with van der Waals surface area (Å²) in [6.07, 6.45) is 0. The van der Waals surface area contributed by atoms with Gasteiger partial charge in [-0.1, -0.05) is 12.8 Å². The van der Waals surface area contributed by atoms with Crippen LogP contribution >= 0.6 is 12.8 Å². The molecule has 0 unspecified atom stereocenters. The molecule has 0 radical (unpaired) electrons. The Labute approximate surface area is 101 Å². The molecule has 1 aromatic carbocycles. The van der Waals surface area contributed by atoms with Crippen LogP contribution in [0.15, 0.2) is 12.1 Å². The fourth-order valence-corrected chi connectivity index (χ4v) is 1.65. The van der Waals surface area contributed by atoms with Gasteiger partial charge in [-0.05, 0) is 44.0 Å². The Morgan fingerprint density at radius 3 is 2.56 bits per heavy atom. The maximum absolute atomic E-state index is 11.0. The molecule has 1 aromatic rings. The van der Waals surface area contributed by atoms with E-state index in [2.05, 4.69) is 12.8 Å². The second kappa shape index (κ2) is 5.12. The van der Waals surface area contributed by atoms with E-state index in [0.29, 0.717) is 12.3 Å². The highest BCUT2D eigenvalue weighted by Gasteiger charge is 2.13. The van der Waals surface area contributed by atoms with Crippen LogP contribution < -0.4 is 14.8 Å². The van der Waals surface area contributed by atoms with Gasteiger partial charge in [0, 0.05) is 0 Å². The number of nitrogens with two attached hydrogens (primary N) is 1. The topological polar surface area (TPSA) is 55.6 Å². The van der Waals surface area contributed by atoms with Gasteiger partial charge in [0.15, 0.2) is 0 Å². The average molecular weight is 240 g/mol. The van der Waals surface area contributed by atoms with E-state index >= 15 is 0 Å². The second-order valence-electron chi connectivity index (χ2n) is 3.49. The Kier molecular flexibility index (Phi) is 4.06. The molecule has 0 fully saturated rings. The van der Waals surface area contributed by atoms with Crippen molar-refractivity contribution in [2.45, 2.75) is 20.8 Å². The molecule has 2 amide bonds. The molecule has 1 rings (SSSR count). The van der Waals surface area contributed by atoms with Gasteiger partial charge >= 0.3 is 6.03 Å². The van der Waals surface area contributed by atoms with E-state index in [-0.39, 0.29) is 0 Å². The fourth-order valence-electron chi connectivity index (χ4n) is 1.43. The van der Waals surface area contributed by atoms with E-state index in [4.69, 9.17) is 10.5 Å². The van der Waals surface area contributed by atoms with Crippen molar-refractivity contribution in [3.8, 4) is 5.75 Å². The summed E-state index contributed by atoms with van der Waals surface area (Å²) in [5.74, 6) is 0.815. The molecule has 0 aliphatic carbocycles. The first-order valence-electron chi connectivity index (χ1n) is 4.99. The van der Waals surface area contributed by atoms with Gasteiger partial charge in [0.1, 0.15) is 5.75 Å². The summed E-state index contributed by atoms with van der Waals surface area (Å²) >= 11 is 4.04. The molecule has 0 aliphatic heterocycles. The maximum Gasteiger partial charge on any atom is 0.329 e. The van der Waals surface area contributed by atoms with E-state index in [1.54, 1.807) is 0 Å². The van der Waals surface area contributed by atoms with Crippen molar-refractivity contribution in [3.63, 3.8) is 0 Å². The van der Waals surface area contributed by atoms with Crippen molar-refractivity contribution in [2.24, 2.45) is 5.73 Å². The maximum atomic E-state index is 11.0. The molecule has 4 nitrogen and oxygen atoms in total. The standard InChI is InChI=1S/C11H16N2O2S/c1-4-15-10-6-7(2)9(5-8(10)3)13(16)11(12)14/h5-6,16H,4H2,1-3H3,(H2,12,14). The summed E-state index contributed by atoms with van der Waals surface area (Å²) < 4.78 is 6.58. The highest BCUT2D eigenvalue weighted by Crippen LogP contribution is 2.29. The van der Waals surface area contributed by atoms with Crippen molar-refractivity contribution in [1.29, 1.82) is 0 Å². The zero-order valence-corrected chi connectivity index (χ0v) is 10.5. The summed E-state index contributed by atoms with van der Waals surface area (Å²) in [4.78, 5) is 11.0. The number of ether oxygens (including phenoxy) is 1. The van der Waals surface area contributed by atoms with Crippen LogP contribution in [0.5, 0.6) is 5.75 Å². The average Bonchev–Trinajstić information content (AvgIpc) is 2.22. The number of anilines is 1. The highest BCUT2D eigenvalue weighted by atomic mass is 32.1. The minimum atomic E-state index is -0.602. The Morgan fingerprint density at radius 1 is 1.44 bits per heavy atom. The lowest BCUT2D eigenvalue weighted by Gasteiger charge is -2.18. The van der Waals surface area contributed by atoms with Crippen LogP contribution in [-0.4, -0.2) is 12.6 Å². The van der Waals surface area contributed by atoms with Crippen molar-refractivity contribution in [3.05, 3.63) is 23.3 Å². The number of primary amides is 1. The van der Waals surface area contributed by atoms with Crippen LogP contribution in [0.3, 0.4) is 0 Å². The van der Waals surface area contributed by atoms with Gasteiger partial charge in [0.25, 0.3) is 0 Å². The third kappa shape index (κ3) is 2.61. The number of amides is 2. The number of carbonyl (C=O) groups is 1. The van der Waals surface area contributed by atoms with Gasteiger partial charge in [-0.2, -0.15) is 0 Å². The van der Waals surface area contributed by atoms with Crippen LogP contribution in [0, 0.1) is 13.8 Å². The summed E-state index contributed by atoms with van der Waals surface area (Å²) in [6, 6.07) is 3.10. The SMILES string of the molecule is CCOc1cc(C)c(N(S)C(N)=O)cc1C. The third-order valence-electron chi connectivity index (χ3n) is 2.23. The van der Waals surface area contributed by atoms with E-state index in [1.165, 1.54) is 0 Å². The number of nitrogens with zero attached hydrogens (tertiary/aromatic N) is 1. The zero-order valence-electron chi connectivity index (χ0n) is 9.65. The number of benzene rings is 1. The second-order valence-corrected chi connectivity index (χ2v) is 3.89. The molecule has 88 valence electrons. The number of carbonyl (C=O) groups excluding carboxylic acids is 1. The number of rotatable bonds is 3. The quantitative estimate of drug-likeness (QED) is 0.797. The highest BCUT2D eigenvalue weighted by molar-refractivity contribution is 7.82. The van der Waals surface area contributed by atoms with Gasteiger partial charge in [-0.25, -0.2) is 9.10 Å². The fraction of sp³-hybridized carbons (Fsp3) is 0.364. The molecule has 0 aliphatic rings. The van der Waals surface area contributed by atoms with Crippen molar-refractivity contribution >= 4 is 24.5 Å². The summed E-state index contributed by atoms with van der Waals surface area (Å²) in [7, 11) is 0. The summed E-state index contributed by atoms with van der Waals surface area (Å²) in [6.45, 7) is 6.33. The predicted octanol–water partition coefficient (Wildman–Crippen LogP) is 2.43. The first-order chi connectivity index (χ1) is 7.47. The molecular weight excluding hydrogens is 224 g/mol. The lowest BCUT2D eigenvalue weighted by molar-refractivity contribution is 0.257. The van der Waals surface area contributed by atoms with Crippen molar-refractivity contribution < 1.29 is 9.53 Å². The van der Waals surface area contributed by atoms with Gasteiger partial charge in [0.2, 0.25) is 0 Å². The molecule has 5 heteroatoms. The Hall–Kier alpha value is -1.36. The number of hydrogen-bond acceptors (Lipinski definition) is 3. The number of urea groups is 1. The van der Waals surface area contributed by atoms with Gasteiger partial charge in [0.05, 0.1) is 12.3 Å². The Balaban J connectivity index is 3.14. The molecule has 0 heterocycles. The minimum absolute atomic E-state index is 0.602.